The fraction of sp³-hybridized carbons (Fsp3) is 0.333. The fourth-order valence-electron chi connectivity index (χ4n) is 0.955. The largest absolute Gasteiger partial charge is 0.316 e. The number of halogens is 1. The predicted octanol–water partition coefficient (Wildman–Crippen LogP) is 2.08. The van der Waals surface area contributed by atoms with E-state index in [1.54, 1.807) is 0 Å². The van der Waals surface area contributed by atoms with E-state index in [1.807, 2.05) is 0 Å². The Hall–Kier alpha value is 0.683. The van der Waals surface area contributed by atoms with Gasteiger partial charge in [-0.1, -0.05) is 52.9 Å². The lowest BCUT2D eigenvalue weighted by atomic mass is 10.4. The van der Waals surface area contributed by atoms with Crippen molar-refractivity contribution in [1.29, 1.82) is 0 Å². The van der Waals surface area contributed by atoms with Crippen LogP contribution >= 0.6 is 15.9 Å². The Balaban J connectivity index is 0.00000121. The van der Waals surface area contributed by atoms with Crippen molar-refractivity contribution in [2.45, 2.75) is 19.6 Å². The summed E-state index contributed by atoms with van der Waals surface area (Å²) in [6, 6.07) is 8.63. The van der Waals surface area contributed by atoms with Gasteiger partial charge in [0.25, 0.3) is 0 Å². The summed E-state index contributed by atoms with van der Waals surface area (Å²) in [5.41, 5.74) is 0. The lowest BCUT2D eigenvalue weighted by Gasteiger charge is -2.16. The van der Waals surface area contributed by atoms with Crippen molar-refractivity contribution in [1.82, 2.24) is 0 Å². The van der Waals surface area contributed by atoms with Gasteiger partial charge in [-0.05, 0) is 12.1 Å². The molecule has 0 unspecified atom stereocenters. The van der Waals surface area contributed by atoms with Crippen molar-refractivity contribution < 1.29 is 0 Å². The minimum Gasteiger partial charge on any atom is -0.0656 e. The molecule has 0 heterocycles. The van der Waals surface area contributed by atoms with Gasteiger partial charge in [0.15, 0.2) is 0 Å². The van der Waals surface area contributed by atoms with Crippen LogP contribution in [0.15, 0.2) is 28.7 Å². The maximum atomic E-state index is 3.48. The molecule has 3 heteroatoms. The molecule has 0 saturated carbocycles. The lowest BCUT2D eigenvalue weighted by molar-refractivity contribution is 1.64. The van der Waals surface area contributed by atoms with Crippen LogP contribution in [0, 0.1) is 0 Å². The highest BCUT2D eigenvalue weighted by atomic mass is 79.9. The first-order valence-corrected chi connectivity index (χ1v) is 8.05. The van der Waals surface area contributed by atoms with Gasteiger partial charge >= 0.3 is 23.1 Å². The second kappa shape index (κ2) is 4.79. The summed E-state index contributed by atoms with van der Waals surface area (Å²) in [5.74, 6) is 0. The standard InChI is InChI=1S/C9H13BrSi.Mg.2H/c1-11(2,3)9-6-4-5-8(10)7-9;;;/h4-7H,1-3H3;;;. The van der Waals surface area contributed by atoms with Crippen LogP contribution < -0.4 is 5.19 Å². The average molecular weight is 256 g/mol. The summed E-state index contributed by atoms with van der Waals surface area (Å²) >= 11 is 3.48. The molecule has 0 amide bonds. The van der Waals surface area contributed by atoms with Crippen molar-refractivity contribution in [3.05, 3.63) is 28.7 Å². The molecular formula is C9H15BrMgSi. The summed E-state index contributed by atoms with van der Waals surface area (Å²) in [6.07, 6.45) is 0. The molecule has 0 saturated heterocycles. The second-order valence-electron chi connectivity index (χ2n) is 3.76. The van der Waals surface area contributed by atoms with Crippen molar-refractivity contribution >= 4 is 52.2 Å². The Labute approximate surface area is 100 Å². The van der Waals surface area contributed by atoms with Gasteiger partial charge in [0, 0.05) is 4.47 Å². The van der Waals surface area contributed by atoms with E-state index in [-0.39, 0.29) is 23.1 Å². The van der Waals surface area contributed by atoms with E-state index in [0.29, 0.717) is 0 Å². The molecule has 0 atom stereocenters. The van der Waals surface area contributed by atoms with Gasteiger partial charge in [0.05, 0.1) is 8.07 Å². The van der Waals surface area contributed by atoms with Crippen molar-refractivity contribution in [2.75, 3.05) is 0 Å². The zero-order valence-corrected chi connectivity index (χ0v) is 9.77. The first-order valence-electron chi connectivity index (χ1n) is 3.76. The molecule has 0 aliphatic heterocycles. The maximum absolute atomic E-state index is 3.48. The van der Waals surface area contributed by atoms with E-state index in [1.165, 1.54) is 9.66 Å². The third kappa shape index (κ3) is 3.60. The van der Waals surface area contributed by atoms with Crippen LogP contribution in [-0.4, -0.2) is 31.1 Å². The Bertz CT molecular complexity index is 255. The van der Waals surface area contributed by atoms with Gasteiger partial charge in [-0.25, -0.2) is 0 Å². The Kier molecular flexibility index (Phi) is 5.06. The first kappa shape index (κ1) is 12.7. The molecule has 0 aliphatic rings. The predicted molar refractivity (Wildman–Crippen MR) is 65.7 cm³/mol. The van der Waals surface area contributed by atoms with Crippen LogP contribution in [0.2, 0.25) is 19.6 Å². The molecule has 0 nitrogen and oxygen atoms in total. The topological polar surface area (TPSA) is 0 Å². The molecule has 0 N–H and O–H groups in total. The number of hydrogen-bond donors (Lipinski definition) is 0. The van der Waals surface area contributed by atoms with E-state index >= 15 is 0 Å². The Morgan fingerprint density at radius 1 is 1.17 bits per heavy atom. The average Bonchev–Trinajstić information content (AvgIpc) is 1.86. The van der Waals surface area contributed by atoms with Gasteiger partial charge in [-0.2, -0.15) is 0 Å². The van der Waals surface area contributed by atoms with E-state index in [9.17, 15) is 0 Å². The molecule has 0 spiro atoms. The van der Waals surface area contributed by atoms with Crippen molar-refractivity contribution in [3.63, 3.8) is 0 Å². The van der Waals surface area contributed by atoms with Crippen LogP contribution in [0.4, 0.5) is 0 Å². The molecule has 0 aliphatic carbocycles. The van der Waals surface area contributed by atoms with Crippen LogP contribution in [0.25, 0.3) is 0 Å². The normalized spacial score (nSPS) is 10.7. The molecular weight excluding hydrogens is 240 g/mol. The molecule has 1 rings (SSSR count). The zero-order chi connectivity index (χ0) is 8.48. The molecule has 64 valence electrons. The number of benzene rings is 1. The Morgan fingerprint density at radius 2 is 1.75 bits per heavy atom. The van der Waals surface area contributed by atoms with Gasteiger partial charge in [0.1, 0.15) is 0 Å². The quantitative estimate of drug-likeness (QED) is 0.674. The summed E-state index contributed by atoms with van der Waals surface area (Å²) in [4.78, 5) is 0. The second-order valence-corrected chi connectivity index (χ2v) is 9.75. The molecule has 0 aromatic heterocycles. The van der Waals surface area contributed by atoms with Crippen molar-refractivity contribution in [3.8, 4) is 0 Å². The maximum Gasteiger partial charge on any atom is 0.316 e. The minimum absolute atomic E-state index is 0. The van der Waals surface area contributed by atoms with Gasteiger partial charge in [-0.3, -0.25) is 0 Å². The zero-order valence-electron chi connectivity index (χ0n) is 7.19. The number of hydrogen-bond acceptors (Lipinski definition) is 0. The van der Waals surface area contributed by atoms with Gasteiger partial charge in [-0.15, -0.1) is 0 Å². The van der Waals surface area contributed by atoms with Gasteiger partial charge in [0.2, 0.25) is 0 Å². The highest BCUT2D eigenvalue weighted by molar-refractivity contribution is 9.10. The summed E-state index contributed by atoms with van der Waals surface area (Å²) < 4.78 is 1.19. The Morgan fingerprint density at radius 3 is 2.08 bits per heavy atom. The highest BCUT2D eigenvalue weighted by Crippen LogP contribution is 2.09. The van der Waals surface area contributed by atoms with Crippen LogP contribution in [0.1, 0.15) is 0 Å². The van der Waals surface area contributed by atoms with Gasteiger partial charge < -0.3 is 0 Å². The molecule has 0 radical (unpaired) electrons. The molecule has 0 bridgehead atoms. The van der Waals surface area contributed by atoms with E-state index in [4.69, 9.17) is 0 Å². The fourth-order valence-corrected chi connectivity index (χ4v) is 2.75. The van der Waals surface area contributed by atoms with Crippen LogP contribution in [0.5, 0.6) is 0 Å². The first-order chi connectivity index (χ1) is 5.00. The summed E-state index contributed by atoms with van der Waals surface area (Å²) in [7, 11) is -1.09. The number of rotatable bonds is 1. The SMILES string of the molecule is C[Si](C)(C)c1cccc(Br)c1.[MgH2]. The monoisotopic (exact) mass is 254 g/mol. The summed E-state index contributed by atoms with van der Waals surface area (Å²) in [5, 5.41) is 1.51. The highest BCUT2D eigenvalue weighted by Gasteiger charge is 2.15. The molecule has 1 aromatic carbocycles. The van der Waals surface area contributed by atoms with E-state index < -0.39 is 8.07 Å². The summed E-state index contributed by atoms with van der Waals surface area (Å²) in [6.45, 7) is 7.07. The van der Waals surface area contributed by atoms with Crippen molar-refractivity contribution in [2.24, 2.45) is 0 Å². The lowest BCUT2D eigenvalue weighted by Crippen LogP contribution is -2.37. The van der Waals surface area contributed by atoms with E-state index in [0.717, 1.165) is 0 Å². The van der Waals surface area contributed by atoms with Crippen LogP contribution in [-0.2, 0) is 0 Å². The van der Waals surface area contributed by atoms with E-state index in [2.05, 4.69) is 59.8 Å². The third-order valence-corrected chi connectivity index (χ3v) is 4.23. The smallest absolute Gasteiger partial charge is 0.0656 e. The molecule has 0 fully saturated rings. The third-order valence-electron chi connectivity index (χ3n) is 1.69. The van der Waals surface area contributed by atoms with Crippen LogP contribution in [0.3, 0.4) is 0 Å². The minimum atomic E-state index is -1.09. The molecule has 1 aromatic rings. The molecule has 12 heavy (non-hydrogen) atoms.